The minimum Gasteiger partial charge on any atom is -0.441 e. The van der Waals surface area contributed by atoms with Gasteiger partial charge in [0.25, 0.3) is 0 Å². The molecule has 6 heteroatoms. The Kier molecular flexibility index (Phi) is 3.98. The van der Waals surface area contributed by atoms with Gasteiger partial charge in [0.2, 0.25) is 0 Å². The molecule has 1 N–H and O–H groups in total. The van der Waals surface area contributed by atoms with E-state index in [4.69, 9.17) is 14.6 Å². The van der Waals surface area contributed by atoms with E-state index in [1.165, 1.54) is 5.69 Å². The number of nitrogens with zero attached hydrogens (tertiary/aromatic N) is 2. The SMILES string of the molecule is Cc1cc(N2CC(CO)OC2=O)ccc1N1CCOCC1. The van der Waals surface area contributed by atoms with Gasteiger partial charge in [0, 0.05) is 24.5 Å². The van der Waals surface area contributed by atoms with E-state index >= 15 is 0 Å². The molecule has 2 saturated heterocycles. The minimum atomic E-state index is -0.434. The predicted molar refractivity (Wildman–Crippen MR) is 78.9 cm³/mol. The molecule has 0 bridgehead atoms. The van der Waals surface area contributed by atoms with E-state index < -0.39 is 12.2 Å². The van der Waals surface area contributed by atoms with Crippen molar-refractivity contribution in [1.82, 2.24) is 0 Å². The fourth-order valence-electron chi connectivity index (χ4n) is 2.79. The zero-order chi connectivity index (χ0) is 14.8. The molecule has 0 aromatic heterocycles. The van der Waals surface area contributed by atoms with Gasteiger partial charge in [-0.05, 0) is 30.7 Å². The first kappa shape index (κ1) is 14.2. The van der Waals surface area contributed by atoms with E-state index in [0.717, 1.165) is 37.6 Å². The van der Waals surface area contributed by atoms with Gasteiger partial charge in [-0.3, -0.25) is 4.90 Å². The predicted octanol–water partition coefficient (Wildman–Crippen LogP) is 1.15. The molecule has 0 saturated carbocycles. The highest BCUT2D eigenvalue weighted by molar-refractivity contribution is 5.90. The average molecular weight is 292 g/mol. The summed E-state index contributed by atoms with van der Waals surface area (Å²) >= 11 is 0. The van der Waals surface area contributed by atoms with Crippen LogP contribution in [0.2, 0.25) is 0 Å². The number of aliphatic hydroxyl groups excluding tert-OH is 1. The van der Waals surface area contributed by atoms with Crippen molar-refractivity contribution in [3.05, 3.63) is 23.8 Å². The van der Waals surface area contributed by atoms with Crippen LogP contribution in [0.15, 0.2) is 18.2 Å². The van der Waals surface area contributed by atoms with Crippen molar-refractivity contribution in [2.24, 2.45) is 0 Å². The molecular formula is C15H20N2O4. The third-order valence-corrected chi connectivity index (χ3v) is 3.92. The number of morpholine rings is 1. The fourth-order valence-corrected chi connectivity index (χ4v) is 2.79. The highest BCUT2D eigenvalue weighted by Crippen LogP contribution is 2.28. The van der Waals surface area contributed by atoms with Crippen molar-refractivity contribution in [3.63, 3.8) is 0 Å². The molecule has 1 atom stereocenters. The van der Waals surface area contributed by atoms with E-state index in [1.54, 1.807) is 4.90 Å². The summed E-state index contributed by atoms with van der Waals surface area (Å²) < 4.78 is 10.4. The lowest BCUT2D eigenvalue weighted by Gasteiger charge is -2.30. The van der Waals surface area contributed by atoms with E-state index in [1.807, 2.05) is 25.1 Å². The summed E-state index contributed by atoms with van der Waals surface area (Å²) in [6.45, 7) is 5.56. The fraction of sp³-hybridized carbons (Fsp3) is 0.533. The van der Waals surface area contributed by atoms with Gasteiger partial charge in [-0.1, -0.05) is 0 Å². The number of carbonyl (C=O) groups excluding carboxylic acids is 1. The summed E-state index contributed by atoms with van der Waals surface area (Å²) in [7, 11) is 0. The van der Waals surface area contributed by atoms with Crippen molar-refractivity contribution < 1.29 is 19.4 Å². The summed E-state index contributed by atoms with van der Waals surface area (Å²) in [5, 5.41) is 9.09. The summed E-state index contributed by atoms with van der Waals surface area (Å²) in [4.78, 5) is 15.7. The first-order valence-electron chi connectivity index (χ1n) is 7.21. The number of hydrogen-bond donors (Lipinski definition) is 1. The Morgan fingerprint density at radius 2 is 2.10 bits per heavy atom. The first-order valence-corrected chi connectivity index (χ1v) is 7.21. The van der Waals surface area contributed by atoms with Crippen molar-refractivity contribution in [2.75, 3.05) is 49.3 Å². The topological polar surface area (TPSA) is 62.2 Å². The molecule has 1 unspecified atom stereocenters. The standard InChI is InChI=1S/C15H20N2O4/c1-11-8-12(17-9-13(10-18)21-15(17)19)2-3-14(11)16-4-6-20-7-5-16/h2-3,8,13,18H,4-7,9-10H2,1H3. The molecule has 2 aliphatic rings. The molecule has 2 heterocycles. The van der Waals surface area contributed by atoms with Crippen molar-refractivity contribution in [1.29, 1.82) is 0 Å². The highest BCUT2D eigenvalue weighted by atomic mass is 16.6. The number of benzene rings is 1. The summed E-state index contributed by atoms with van der Waals surface area (Å²) in [6.07, 6.45) is -0.829. The van der Waals surface area contributed by atoms with Gasteiger partial charge >= 0.3 is 6.09 Å². The number of rotatable bonds is 3. The molecule has 0 spiro atoms. The lowest BCUT2D eigenvalue weighted by molar-refractivity contribution is 0.0963. The van der Waals surface area contributed by atoms with Crippen LogP contribution in [0.1, 0.15) is 5.56 Å². The number of hydrogen-bond acceptors (Lipinski definition) is 5. The van der Waals surface area contributed by atoms with Gasteiger partial charge in [-0.15, -0.1) is 0 Å². The Hall–Kier alpha value is -1.79. The summed E-state index contributed by atoms with van der Waals surface area (Å²) in [5.41, 5.74) is 3.11. The van der Waals surface area contributed by atoms with Crippen LogP contribution in [-0.2, 0) is 9.47 Å². The van der Waals surface area contributed by atoms with Gasteiger partial charge in [-0.2, -0.15) is 0 Å². The molecule has 0 aliphatic carbocycles. The molecule has 0 radical (unpaired) electrons. The van der Waals surface area contributed by atoms with Crippen LogP contribution in [0, 0.1) is 6.92 Å². The number of aliphatic hydroxyl groups is 1. The zero-order valence-corrected chi connectivity index (χ0v) is 12.1. The van der Waals surface area contributed by atoms with Gasteiger partial charge in [0.05, 0.1) is 26.4 Å². The second-order valence-corrected chi connectivity index (χ2v) is 5.37. The normalized spacial score (nSPS) is 22.6. The van der Waals surface area contributed by atoms with Crippen LogP contribution in [0.25, 0.3) is 0 Å². The summed E-state index contributed by atoms with van der Waals surface area (Å²) in [5.74, 6) is 0. The quantitative estimate of drug-likeness (QED) is 0.905. The Labute approximate surface area is 123 Å². The smallest absolute Gasteiger partial charge is 0.414 e. The van der Waals surface area contributed by atoms with Gasteiger partial charge < -0.3 is 19.5 Å². The first-order chi connectivity index (χ1) is 10.2. The van der Waals surface area contributed by atoms with E-state index in [-0.39, 0.29) is 6.61 Å². The number of amides is 1. The average Bonchev–Trinajstić information content (AvgIpc) is 2.89. The largest absolute Gasteiger partial charge is 0.441 e. The Morgan fingerprint density at radius 3 is 2.71 bits per heavy atom. The molecular weight excluding hydrogens is 272 g/mol. The van der Waals surface area contributed by atoms with Crippen molar-refractivity contribution in [2.45, 2.75) is 13.0 Å². The van der Waals surface area contributed by atoms with Crippen LogP contribution >= 0.6 is 0 Å². The lowest BCUT2D eigenvalue weighted by Crippen LogP contribution is -2.36. The lowest BCUT2D eigenvalue weighted by atomic mass is 10.1. The third-order valence-electron chi connectivity index (χ3n) is 3.92. The molecule has 114 valence electrons. The molecule has 1 aromatic carbocycles. The zero-order valence-electron chi connectivity index (χ0n) is 12.1. The Bertz CT molecular complexity index is 528. The molecule has 3 rings (SSSR count). The number of anilines is 2. The van der Waals surface area contributed by atoms with Gasteiger partial charge in [0.1, 0.15) is 6.10 Å². The Balaban J connectivity index is 1.79. The number of aryl methyl sites for hydroxylation is 1. The second kappa shape index (κ2) is 5.91. The van der Waals surface area contributed by atoms with E-state index in [9.17, 15) is 4.79 Å². The maximum Gasteiger partial charge on any atom is 0.414 e. The van der Waals surface area contributed by atoms with Crippen LogP contribution in [0.5, 0.6) is 0 Å². The van der Waals surface area contributed by atoms with Gasteiger partial charge in [-0.25, -0.2) is 4.79 Å². The van der Waals surface area contributed by atoms with Crippen LogP contribution in [-0.4, -0.2) is 56.8 Å². The molecule has 1 amide bonds. The Morgan fingerprint density at radius 1 is 1.33 bits per heavy atom. The van der Waals surface area contributed by atoms with Crippen LogP contribution in [0.3, 0.4) is 0 Å². The van der Waals surface area contributed by atoms with E-state index in [2.05, 4.69) is 4.90 Å². The molecule has 1 aromatic rings. The molecule has 2 aliphatic heterocycles. The monoisotopic (exact) mass is 292 g/mol. The third kappa shape index (κ3) is 2.82. The molecule has 6 nitrogen and oxygen atoms in total. The van der Waals surface area contributed by atoms with Gasteiger partial charge in [0.15, 0.2) is 0 Å². The second-order valence-electron chi connectivity index (χ2n) is 5.37. The number of carbonyl (C=O) groups is 1. The summed E-state index contributed by atoms with van der Waals surface area (Å²) in [6, 6.07) is 5.96. The van der Waals surface area contributed by atoms with Crippen molar-refractivity contribution >= 4 is 17.5 Å². The maximum atomic E-state index is 11.8. The number of ether oxygens (including phenoxy) is 2. The highest BCUT2D eigenvalue weighted by Gasteiger charge is 2.32. The molecule has 2 fully saturated rings. The maximum absolute atomic E-state index is 11.8. The minimum absolute atomic E-state index is 0.146. The van der Waals surface area contributed by atoms with Crippen LogP contribution in [0.4, 0.5) is 16.2 Å². The van der Waals surface area contributed by atoms with E-state index in [0.29, 0.717) is 6.54 Å². The molecule has 21 heavy (non-hydrogen) atoms. The van der Waals surface area contributed by atoms with Crippen molar-refractivity contribution in [3.8, 4) is 0 Å². The van der Waals surface area contributed by atoms with Crippen LogP contribution < -0.4 is 9.80 Å². The number of cyclic esters (lactones) is 1.